The first-order valence-corrected chi connectivity index (χ1v) is 8.73. The summed E-state index contributed by atoms with van der Waals surface area (Å²) in [6.45, 7) is 14.5. The van der Waals surface area contributed by atoms with Crippen molar-refractivity contribution in [2.75, 3.05) is 6.61 Å². The van der Waals surface area contributed by atoms with Gasteiger partial charge >= 0.3 is 7.12 Å². The average Bonchev–Trinajstić information content (AvgIpc) is 2.64. The highest BCUT2D eigenvalue weighted by atomic mass is 16.7. The maximum atomic E-state index is 9.75. The summed E-state index contributed by atoms with van der Waals surface area (Å²) in [5.74, 6) is 0.807. The van der Waals surface area contributed by atoms with Gasteiger partial charge in [0.1, 0.15) is 5.75 Å². The van der Waals surface area contributed by atoms with Gasteiger partial charge in [0.2, 0.25) is 0 Å². The van der Waals surface area contributed by atoms with Crippen molar-refractivity contribution in [2.24, 2.45) is 0 Å². The Kier molecular flexibility index (Phi) is 5.38. The molecule has 1 aliphatic heterocycles. The van der Waals surface area contributed by atoms with Crippen LogP contribution in [-0.4, -0.2) is 35.6 Å². The molecule has 0 spiro atoms. The highest BCUT2D eigenvalue weighted by Crippen LogP contribution is 2.36. The summed E-state index contributed by atoms with van der Waals surface area (Å²) >= 11 is 0. The van der Waals surface area contributed by atoms with E-state index in [-0.39, 0.29) is 18.3 Å². The van der Waals surface area contributed by atoms with E-state index in [9.17, 15) is 5.11 Å². The van der Waals surface area contributed by atoms with Crippen molar-refractivity contribution in [1.29, 1.82) is 0 Å². The van der Waals surface area contributed by atoms with Crippen molar-refractivity contribution in [3.05, 3.63) is 23.8 Å². The molecule has 1 N–H and O–H groups in total. The Morgan fingerprint density at radius 2 is 1.71 bits per heavy atom. The van der Waals surface area contributed by atoms with Gasteiger partial charge in [0.05, 0.1) is 23.4 Å². The number of benzene rings is 1. The molecule has 0 amide bonds. The Balaban J connectivity index is 2.05. The Morgan fingerprint density at radius 3 is 2.25 bits per heavy atom. The molecule has 1 aliphatic rings. The number of ether oxygens (including phenoxy) is 1. The normalized spacial score (nSPS) is 19.6. The molecule has 1 aromatic rings. The minimum atomic E-state index is -0.648. The van der Waals surface area contributed by atoms with Crippen LogP contribution in [-0.2, 0) is 9.31 Å². The third-order valence-corrected chi connectivity index (χ3v) is 4.96. The summed E-state index contributed by atoms with van der Waals surface area (Å²) in [7, 11) is -0.380. The zero-order valence-electron chi connectivity index (χ0n) is 16.1. The Labute approximate surface area is 146 Å². The third-order valence-electron chi connectivity index (χ3n) is 4.96. The van der Waals surface area contributed by atoms with Crippen LogP contribution in [0.1, 0.15) is 59.9 Å². The lowest BCUT2D eigenvalue weighted by atomic mass is 9.76. The molecule has 0 atom stereocenters. The first kappa shape index (κ1) is 19.3. The molecular formula is C19H31BO4. The number of hydrogen-bond acceptors (Lipinski definition) is 4. The maximum absolute atomic E-state index is 9.75. The van der Waals surface area contributed by atoms with Crippen LogP contribution in [0.5, 0.6) is 5.75 Å². The predicted octanol–water partition coefficient (Wildman–Crippen LogP) is 3.22. The topological polar surface area (TPSA) is 47.9 Å². The first-order chi connectivity index (χ1) is 10.9. The minimum absolute atomic E-state index is 0.353. The van der Waals surface area contributed by atoms with Gasteiger partial charge in [0, 0.05) is 0 Å². The molecular weight excluding hydrogens is 303 g/mol. The second-order valence-electron chi connectivity index (χ2n) is 8.37. The van der Waals surface area contributed by atoms with E-state index < -0.39 is 5.60 Å². The summed E-state index contributed by atoms with van der Waals surface area (Å²) in [5, 5.41) is 9.75. The summed E-state index contributed by atoms with van der Waals surface area (Å²) < 4.78 is 18.1. The van der Waals surface area contributed by atoms with Crippen LogP contribution in [0.25, 0.3) is 0 Å². The lowest BCUT2D eigenvalue weighted by Gasteiger charge is -2.32. The predicted molar refractivity (Wildman–Crippen MR) is 97.9 cm³/mol. The van der Waals surface area contributed by atoms with Crippen molar-refractivity contribution in [3.63, 3.8) is 0 Å². The molecule has 0 aliphatic carbocycles. The number of rotatable bonds is 6. The lowest BCUT2D eigenvalue weighted by molar-refractivity contribution is 0.00578. The Bertz CT molecular complexity index is 559. The summed E-state index contributed by atoms with van der Waals surface area (Å²) in [5.41, 5.74) is 0.775. The first-order valence-electron chi connectivity index (χ1n) is 8.73. The van der Waals surface area contributed by atoms with E-state index in [0.717, 1.165) is 23.2 Å². The quantitative estimate of drug-likeness (QED) is 0.641. The molecule has 0 saturated carbocycles. The molecule has 0 aromatic heterocycles. The summed E-state index contributed by atoms with van der Waals surface area (Å²) in [4.78, 5) is 0. The lowest BCUT2D eigenvalue weighted by Crippen LogP contribution is -2.41. The van der Waals surface area contributed by atoms with Gasteiger partial charge in [-0.2, -0.15) is 0 Å². The van der Waals surface area contributed by atoms with Crippen LogP contribution in [0.3, 0.4) is 0 Å². The van der Waals surface area contributed by atoms with Crippen molar-refractivity contribution >= 4 is 12.6 Å². The Morgan fingerprint density at radius 1 is 1.12 bits per heavy atom. The van der Waals surface area contributed by atoms with E-state index in [4.69, 9.17) is 14.0 Å². The van der Waals surface area contributed by atoms with Crippen LogP contribution in [0.2, 0.25) is 0 Å². The Hall–Kier alpha value is -1.04. The van der Waals surface area contributed by atoms with E-state index >= 15 is 0 Å². The van der Waals surface area contributed by atoms with Gasteiger partial charge in [-0.1, -0.05) is 11.6 Å². The van der Waals surface area contributed by atoms with Crippen LogP contribution in [0.15, 0.2) is 18.2 Å². The zero-order valence-corrected chi connectivity index (χ0v) is 16.1. The van der Waals surface area contributed by atoms with E-state index in [0.29, 0.717) is 13.0 Å². The molecule has 1 fully saturated rings. The molecule has 2 rings (SSSR count). The van der Waals surface area contributed by atoms with E-state index in [1.54, 1.807) is 0 Å². The smallest absolute Gasteiger partial charge is 0.494 e. The largest absolute Gasteiger partial charge is 0.495 e. The number of aliphatic hydroxyl groups is 1. The van der Waals surface area contributed by atoms with Gasteiger partial charge in [0.25, 0.3) is 0 Å². The highest BCUT2D eigenvalue weighted by molar-refractivity contribution is 6.62. The van der Waals surface area contributed by atoms with E-state index in [2.05, 4.69) is 34.6 Å². The second-order valence-corrected chi connectivity index (χ2v) is 8.37. The van der Waals surface area contributed by atoms with Crippen molar-refractivity contribution in [1.82, 2.24) is 0 Å². The van der Waals surface area contributed by atoms with Crippen LogP contribution in [0.4, 0.5) is 0 Å². The molecule has 134 valence electrons. The average molecular weight is 334 g/mol. The molecule has 0 bridgehead atoms. The van der Waals surface area contributed by atoms with E-state index in [1.165, 1.54) is 0 Å². The molecule has 4 nitrogen and oxygen atoms in total. The molecule has 1 aromatic carbocycles. The van der Waals surface area contributed by atoms with Crippen LogP contribution < -0.4 is 10.2 Å². The SMILES string of the molecule is Cc1ccc(OCCCC(C)(C)O)cc1B1OC(C)(C)C(C)(C)O1. The fourth-order valence-electron chi connectivity index (χ4n) is 2.63. The highest BCUT2D eigenvalue weighted by Gasteiger charge is 2.52. The van der Waals surface area contributed by atoms with Gasteiger partial charge in [0.15, 0.2) is 0 Å². The zero-order chi connectivity index (χ0) is 18.2. The van der Waals surface area contributed by atoms with Gasteiger partial charge < -0.3 is 19.2 Å². The number of hydrogen-bond donors (Lipinski definition) is 1. The fourth-order valence-corrected chi connectivity index (χ4v) is 2.63. The van der Waals surface area contributed by atoms with Gasteiger partial charge in [-0.15, -0.1) is 0 Å². The molecule has 1 heterocycles. The molecule has 0 unspecified atom stereocenters. The molecule has 1 saturated heterocycles. The molecule has 0 radical (unpaired) electrons. The van der Waals surface area contributed by atoms with Crippen molar-refractivity contribution < 1.29 is 19.2 Å². The molecule has 24 heavy (non-hydrogen) atoms. The van der Waals surface area contributed by atoms with Crippen molar-refractivity contribution in [3.8, 4) is 5.75 Å². The van der Waals surface area contributed by atoms with Crippen molar-refractivity contribution in [2.45, 2.75) is 78.1 Å². The van der Waals surface area contributed by atoms with Crippen LogP contribution >= 0.6 is 0 Å². The minimum Gasteiger partial charge on any atom is -0.494 e. The van der Waals surface area contributed by atoms with Gasteiger partial charge in [-0.05, 0) is 78.9 Å². The van der Waals surface area contributed by atoms with Gasteiger partial charge in [-0.25, -0.2) is 0 Å². The second kappa shape index (κ2) is 6.70. The standard InChI is InChI=1S/C19H31BO4/c1-14-9-10-15(22-12-8-11-17(2,3)21)13-16(14)20-23-18(4,5)19(6,7)24-20/h9-10,13,21H,8,11-12H2,1-7H3. The van der Waals surface area contributed by atoms with Gasteiger partial charge in [-0.3, -0.25) is 0 Å². The maximum Gasteiger partial charge on any atom is 0.495 e. The third kappa shape index (κ3) is 4.53. The number of aryl methyl sites for hydroxylation is 1. The monoisotopic (exact) mass is 334 g/mol. The summed E-state index contributed by atoms with van der Waals surface area (Å²) in [6, 6.07) is 6.00. The summed E-state index contributed by atoms with van der Waals surface area (Å²) in [6.07, 6.45) is 1.52. The fraction of sp³-hybridized carbons (Fsp3) is 0.684. The van der Waals surface area contributed by atoms with E-state index in [1.807, 2.05) is 32.0 Å². The molecule has 5 heteroatoms. The van der Waals surface area contributed by atoms with Crippen LogP contribution in [0, 0.1) is 6.92 Å².